The van der Waals surface area contributed by atoms with Crippen LogP contribution in [0, 0.1) is 5.92 Å². The van der Waals surface area contributed by atoms with Crippen molar-refractivity contribution in [2.45, 2.75) is 58.3 Å². The van der Waals surface area contributed by atoms with Crippen molar-refractivity contribution in [3.05, 3.63) is 41.7 Å². The number of tetrazole rings is 1. The smallest absolute Gasteiger partial charge is 0.209 e. The first-order valence-electron chi connectivity index (χ1n) is 11.3. The topological polar surface area (TPSA) is 61.7 Å². The fourth-order valence-corrected chi connectivity index (χ4v) is 4.83. The summed E-state index contributed by atoms with van der Waals surface area (Å²) in [4.78, 5) is 3.32. The molecule has 2 aliphatic heterocycles. The fourth-order valence-electron chi connectivity index (χ4n) is 4.83. The van der Waals surface area contributed by atoms with Crippen LogP contribution in [0.25, 0.3) is 0 Å². The minimum atomic E-state index is 0.263. The van der Waals surface area contributed by atoms with Gasteiger partial charge in [0.1, 0.15) is 32.7 Å². The van der Waals surface area contributed by atoms with Crippen LogP contribution >= 0.6 is 0 Å². The Labute approximate surface area is 174 Å². The van der Waals surface area contributed by atoms with Crippen LogP contribution in [0.2, 0.25) is 0 Å². The minimum absolute atomic E-state index is 0.263. The number of hydrogen-bond donors (Lipinski definition) is 2. The molecule has 7 heteroatoms. The summed E-state index contributed by atoms with van der Waals surface area (Å²) in [6, 6.07) is 11.2. The van der Waals surface area contributed by atoms with Gasteiger partial charge in [-0.2, -0.15) is 0 Å². The highest BCUT2D eigenvalue weighted by Crippen LogP contribution is 2.19. The van der Waals surface area contributed by atoms with Crippen molar-refractivity contribution in [1.82, 2.24) is 20.2 Å². The van der Waals surface area contributed by atoms with Gasteiger partial charge in [-0.05, 0) is 29.2 Å². The number of nitrogens with zero attached hydrogens (tertiary/aromatic N) is 4. The van der Waals surface area contributed by atoms with Crippen LogP contribution in [0.1, 0.15) is 50.5 Å². The molecule has 2 aromatic rings. The molecule has 0 unspecified atom stereocenters. The molecule has 0 radical (unpaired) electrons. The largest absolute Gasteiger partial charge is 0.376 e. The van der Waals surface area contributed by atoms with Crippen molar-refractivity contribution >= 4 is 0 Å². The number of aromatic nitrogens is 4. The third-order valence-corrected chi connectivity index (χ3v) is 6.37. The van der Waals surface area contributed by atoms with Gasteiger partial charge in [-0.3, -0.25) is 0 Å². The van der Waals surface area contributed by atoms with Crippen LogP contribution < -0.4 is 9.80 Å². The first-order chi connectivity index (χ1) is 14.2. The van der Waals surface area contributed by atoms with E-state index in [1.165, 1.54) is 31.7 Å². The standard InChI is InChI=1S/C22H34N6O/c1-18(2)15-21(22-23-24-25-28(22)17-20-9-6-14-29-20)27-12-10-26(11-13-27)16-19-7-4-3-5-8-19/h3-5,7-8,18,20-21H,6,9-17H2,1-2H3/p+2/t20-,21-/m0/s1. The maximum atomic E-state index is 5.83. The lowest BCUT2D eigenvalue weighted by atomic mass is 10.0. The van der Waals surface area contributed by atoms with Crippen molar-refractivity contribution < 1.29 is 14.5 Å². The molecule has 1 aromatic heterocycles. The predicted molar refractivity (Wildman–Crippen MR) is 111 cm³/mol. The van der Waals surface area contributed by atoms with E-state index in [9.17, 15) is 0 Å². The summed E-state index contributed by atoms with van der Waals surface area (Å²) in [6.45, 7) is 12.1. The number of nitrogens with one attached hydrogen (secondary N) is 2. The molecule has 2 saturated heterocycles. The van der Waals surface area contributed by atoms with Gasteiger partial charge in [0.05, 0.1) is 12.6 Å². The Morgan fingerprint density at radius 1 is 1.14 bits per heavy atom. The molecule has 3 heterocycles. The Morgan fingerprint density at radius 2 is 1.93 bits per heavy atom. The molecule has 2 fully saturated rings. The molecule has 0 bridgehead atoms. The molecule has 4 rings (SSSR count). The molecule has 2 aliphatic rings. The molecule has 0 aliphatic carbocycles. The molecular weight excluding hydrogens is 364 g/mol. The summed E-state index contributed by atoms with van der Waals surface area (Å²) in [5.74, 6) is 1.67. The molecule has 0 saturated carbocycles. The van der Waals surface area contributed by atoms with Crippen LogP contribution in [0.4, 0.5) is 0 Å². The first-order valence-corrected chi connectivity index (χ1v) is 11.3. The van der Waals surface area contributed by atoms with E-state index in [1.807, 2.05) is 4.68 Å². The highest BCUT2D eigenvalue weighted by atomic mass is 16.5. The summed E-state index contributed by atoms with van der Waals surface area (Å²) in [5.41, 5.74) is 1.44. The van der Waals surface area contributed by atoms with Gasteiger partial charge in [0.15, 0.2) is 6.04 Å². The van der Waals surface area contributed by atoms with E-state index in [4.69, 9.17) is 4.74 Å². The van der Waals surface area contributed by atoms with Gasteiger partial charge in [0.25, 0.3) is 0 Å². The third kappa shape index (κ3) is 5.41. The van der Waals surface area contributed by atoms with Crippen molar-refractivity contribution in [2.75, 3.05) is 32.8 Å². The highest BCUT2D eigenvalue weighted by Gasteiger charge is 2.35. The molecule has 29 heavy (non-hydrogen) atoms. The number of ether oxygens (including phenoxy) is 1. The molecule has 7 nitrogen and oxygen atoms in total. The average Bonchev–Trinajstić information content (AvgIpc) is 3.40. The maximum Gasteiger partial charge on any atom is 0.209 e. The maximum absolute atomic E-state index is 5.83. The summed E-state index contributed by atoms with van der Waals surface area (Å²) in [6.07, 6.45) is 3.64. The summed E-state index contributed by atoms with van der Waals surface area (Å²) in [5, 5.41) is 12.9. The second-order valence-corrected chi connectivity index (χ2v) is 9.11. The van der Waals surface area contributed by atoms with Gasteiger partial charge in [-0.1, -0.05) is 44.2 Å². The molecule has 158 valence electrons. The zero-order chi connectivity index (χ0) is 20.1. The van der Waals surface area contributed by atoms with Gasteiger partial charge in [0, 0.05) is 18.6 Å². The van der Waals surface area contributed by atoms with Crippen molar-refractivity contribution in [3.63, 3.8) is 0 Å². The van der Waals surface area contributed by atoms with E-state index in [1.54, 1.807) is 9.80 Å². The normalized spacial score (nSPS) is 26.1. The number of quaternary nitrogens is 2. The molecule has 2 atom stereocenters. The van der Waals surface area contributed by atoms with Crippen LogP contribution in [0.3, 0.4) is 0 Å². The van der Waals surface area contributed by atoms with E-state index < -0.39 is 0 Å². The molecule has 2 N–H and O–H groups in total. The molecule has 0 amide bonds. The molecule has 0 spiro atoms. The zero-order valence-corrected chi connectivity index (χ0v) is 17.9. The predicted octanol–water partition coefficient (Wildman–Crippen LogP) is -0.0771. The van der Waals surface area contributed by atoms with Crippen molar-refractivity contribution in [1.29, 1.82) is 0 Å². The second-order valence-electron chi connectivity index (χ2n) is 9.11. The van der Waals surface area contributed by atoms with Crippen LogP contribution in [0.5, 0.6) is 0 Å². The second kappa shape index (κ2) is 9.78. The average molecular weight is 401 g/mol. The third-order valence-electron chi connectivity index (χ3n) is 6.37. The Kier molecular flexibility index (Phi) is 6.90. The zero-order valence-electron chi connectivity index (χ0n) is 17.9. The van der Waals surface area contributed by atoms with E-state index >= 15 is 0 Å². The van der Waals surface area contributed by atoms with Crippen LogP contribution in [-0.2, 0) is 17.8 Å². The lowest BCUT2D eigenvalue weighted by Gasteiger charge is -2.34. The number of benzene rings is 1. The summed E-state index contributed by atoms with van der Waals surface area (Å²) in [7, 11) is 0. The van der Waals surface area contributed by atoms with Gasteiger partial charge < -0.3 is 14.5 Å². The summed E-state index contributed by atoms with van der Waals surface area (Å²) >= 11 is 0. The number of rotatable bonds is 8. The van der Waals surface area contributed by atoms with E-state index in [0.717, 1.165) is 44.8 Å². The molecular formula is C22H36N6O+2. The number of piperazine rings is 1. The molecule has 1 aromatic carbocycles. The van der Waals surface area contributed by atoms with Crippen molar-refractivity contribution in [2.24, 2.45) is 5.92 Å². The Balaban J connectivity index is 1.41. The lowest BCUT2D eigenvalue weighted by Crippen LogP contribution is -3.27. The monoisotopic (exact) mass is 400 g/mol. The van der Waals surface area contributed by atoms with Crippen molar-refractivity contribution in [3.8, 4) is 0 Å². The van der Waals surface area contributed by atoms with Gasteiger partial charge in [-0.25, -0.2) is 4.68 Å². The highest BCUT2D eigenvalue weighted by molar-refractivity contribution is 5.13. The van der Waals surface area contributed by atoms with Crippen LogP contribution in [-0.4, -0.2) is 59.1 Å². The van der Waals surface area contributed by atoms with Gasteiger partial charge in [0.2, 0.25) is 5.82 Å². The first kappa shape index (κ1) is 20.4. The Bertz CT molecular complexity index is 735. The van der Waals surface area contributed by atoms with E-state index in [-0.39, 0.29) is 6.10 Å². The SMILES string of the molecule is CC(C)C[C@@H](c1nnnn1C[C@@H]1CCCO1)[NH+]1CC[NH+](Cc2ccccc2)CC1. The Hall–Kier alpha value is -1.83. The quantitative estimate of drug-likeness (QED) is 0.651. The van der Waals surface area contributed by atoms with Gasteiger partial charge in [-0.15, -0.1) is 5.10 Å². The minimum Gasteiger partial charge on any atom is -0.376 e. The van der Waals surface area contributed by atoms with Crippen LogP contribution in [0.15, 0.2) is 30.3 Å². The summed E-state index contributed by atoms with van der Waals surface area (Å²) < 4.78 is 7.86. The van der Waals surface area contributed by atoms with E-state index in [2.05, 4.69) is 59.7 Å². The number of hydrogen-bond acceptors (Lipinski definition) is 4. The lowest BCUT2D eigenvalue weighted by molar-refractivity contribution is -1.03. The van der Waals surface area contributed by atoms with Gasteiger partial charge >= 0.3 is 0 Å². The Morgan fingerprint density at radius 3 is 2.62 bits per heavy atom. The van der Waals surface area contributed by atoms with E-state index in [0.29, 0.717) is 12.0 Å². The fraction of sp³-hybridized carbons (Fsp3) is 0.682.